The van der Waals surface area contributed by atoms with Crippen molar-refractivity contribution in [3.63, 3.8) is 0 Å². The van der Waals surface area contributed by atoms with E-state index in [2.05, 4.69) is 37.9 Å². The molecule has 0 saturated heterocycles. The molecule has 2 aromatic carbocycles. The van der Waals surface area contributed by atoms with Crippen molar-refractivity contribution in [2.45, 2.75) is 0 Å². The number of hydrogen-bond donors (Lipinski definition) is 1. The molecule has 0 heterocycles. The number of amides is 1. The number of esters is 1. The molecule has 0 aliphatic heterocycles. The van der Waals surface area contributed by atoms with Gasteiger partial charge in [-0.15, -0.1) is 0 Å². The van der Waals surface area contributed by atoms with Gasteiger partial charge in [0.05, 0.1) is 18.9 Å². The van der Waals surface area contributed by atoms with Gasteiger partial charge in [0, 0.05) is 3.57 Å². The van der Waals surface area contributed by atoms with Crippen molar-refractivity contribution < 1.29 is 19.1 Å². The minimum Gasteiger partial charge on any atom is -0.484 e. The first-order valence-electron chi connectivity index (χ1n) is 6.97. The highest BCUT2D eigenvalue weighted by Crippen LogP contribution is 2.13. The number of rotatable bonds is 6. The molecule has 0 saturated carbocycles. The predicted octanol–water partition coefficient (Wildman–Crippen LogP) is 2.61. The highest BCUT2D eigenvalue weighted by atomic mass is 127. The highest BCUT2D eigenvalue weighted by Gasteiger charge is 2.04. The molecule has 124 valence electrons. The number of methoxy groups -OCH3 is 1. The third-order valence-corrected chi connectivity index (χ3v) is 3.64. The number of carbonyl (C=O) groups excluding carboxylic acids is 2. The number of benzene rings is 2. The van der Waals surface area contributed by atoms with E-state index in [1.807, 2.05) is 12.1 Å². The van der Waals surface area contributed by atoms with Gasteiger partial charge in [0.15, 0.2) is 6.61 Å². The second-order valence-electron chi connectivity index (χ2n) is 4.65. The van der Waals surface area contributed by atoms with Crippen LogP contribution in [0.3, 0.4) is 0 Å². The largest absolute Gasteiger partial charge is 0.484 e. The van der Waals surface area contributed by atoms with Gasteiger partial charge in [-0.2, -0.15) is 5.10 Å². The Morgan fingerprint density at radius 1 is 1.12 bits per heavy atom. The van der Waals surface area contributed by atoms with Gasteiger partial charge in [-0.25, -0.2) is 10.2 Å². The van der Waals surface area contributed by atoms with Crippen LogP contribution in [0.2, 0.25) is 0 Å². The van der Waals surface area contributed by atoms with E-state index in [-0.39, 0.29) is 12.5 Å². The van der Waals surface area contributed by atoms with Crippen LogP contribution in [0, 0.1) is 3.57 Å². The Morgan fingerprint density at radius 3 is 2.42 bits per heavy atom. The maximum Gasteiger partial charge on any atom is 0.337 e. The lowest BCUT2D eigenvalue weighted by atomic mass is 10.1. The quantitative estimate of drug-likeness (QED) is 0.326. The summed E-state index contributed by atoms with van der Waals surface area (Å²) in [7, 11) is 1.32. The van der Waals surface area contributed by atoms with E-state index in [1.165, 1.54) is 13.3 Å². The summed E-state index contributed by atoms with van der Waals surface area (Å²) in [5.41, 5.74) is 3.56. The van der Waals surface area contributed by atoms with E-state index in [4.69, 9.17) is 4.74 Å². The van der Waals surface area contributed by atoms with Crippen molar-refractivity contribution in [1.29, 1.82) is 0 Å². The van der Waals surface area contributed by atoms with Crippen molar-refractivity contribution in [1.82, 2.24) is 5.43 Å². The van der Waals surface area contributed by atoms with E-state index in [1.54, 1.807) is 36.4 Å². The number of nitrogens with zero attached hydrogens (tertiary/aromatic N) is 1. The van der Waals surface area contributed by atoms with Gasteiger partial charge >= 0.3 is 5.97 Å². The summed E-state index contributed by atoms with van der Waals surface area (Å²) >= 11 is 2.19. The van der Waals surface area contributed by atoms with Crippen LogP contribution in [0.1, 0.15) is 15.9 Å². The molecule has 0 unspecified atom stereocenters. The fourth-order valence-electron chi connectivity index (χ4n) is 1.71. The normalized spacial score (nSPS) is 10.4. The van der Waals surface area contributed by atoms with E-state index >= 15 is 0 Å². The Labute approximate surface area is 153 Å². The number of nitrogens with one attached hydrogen (secondary N) is 1. The van der Waals surface area contributed by atoms with Crippen molar-refractivity contribution in [3.8, 4) is 5.75 Å². The second kappa shape index (κ2) is 9.02. The number of halogens is 1. The average molecular weight is 438 g/mol. The summed E-state index contributed by atoms with van der Waals surface area (Å²) in [6, 6.07) is 14.0. The fourth-order valence-corrected chi connectivity index (χ4v) is 2.07. The van der Waals surface area contributed by atoms with Crippen LogP contribution in [-0.2, 0) is 9.53 Å². The molecular weight excluding hydrogens is 423 g/mol. The number of carbonyl (C=O) groups is 2. The monoisotopic (exact) mass is 438 g/mol. The summed E-state index contributed by atoms with van der Waals surface area (Å²) < 4.78 is 11.0. The van der Waals surface area contributed by atoms with E-state index in [9.17, 15) is 9.59 Å². The SMILES string of the molecule is COC(=O)c1ccc(/C=N\NC(=O)COc2ccc(I)cc2)cc1. The van der Waals surface area contributed by atoms with Gasteiger partial charge in [-0.3, -0.25) is 4.79 Å². The van der Waals surface area contributed by atoms with Crippen LogP contribution in [-0.4, -0.2) is 31.8 Å². The molecule has 0 aromatic heterocycles. The lowest BCUT2D eigenvalue weighted by Gasteiger charge is -2.04. The molecule has 6 nitrogen and oxygen atoms in total. The Morgan fingerprint density at radius 2 is 1.79 bits per heavy atom. The molecule has 0 aliphatic rings. The summed E-state index contributed by atoms with van der Waals surface area (Å²) in [4.78, 5) is 23.0. The van der Waals surface area contributed by atoms with Crippen molar-refractivity contribution in [3.05, 3.63) is 63.2 Å². The summed E-state index contributed by atoms with van der Waals surface area (Å²) in [6.07, 6.45) is 1.48. The standard InChI is InChI=1S/C17H15IN2O4/c1-23-17(22)13-4-2-12(3-5-13)10-19-20-16(21)11-24-15-8-6-14(18)7-9-15/h2-10H,11H2,1H3,(H,20,21)/b19-10-. The lowest BCUT2D eigenvalue weighted by molar-refractivity contribution is -0.123. The van der Waals surface area contributed by atoms with Crippen LogP contribution in [0.25, 0.3) is 0 Å². The fraction of sp³-hybridized carbons (Fsp3) is 0.118. The van der Waals surface area contributed by atoms with E-state index in [0.717, 1.165) is 9.13 Å². The third kappa shape index (κ3) is 5.65. The molecule has 0 atom stereocenters. The molecule has 1 N–H and O–H groups in total. The summed E-state index contributed by atoms with van der Waals surface area (Å²) in [5.74, 6) is -0.150. The topological polar surface area (TPSA) is 77.0 Å². The van der Waals surface area contributed by atoms with Gasteiger partial charge < -0.3 is 9.47 Å². The highest BCUT2D eigenvalue weighted by molar-refractivity contribution is 14.1. The van der Waals surface area contributed by atoms with Gasteiger partial charge in [0.25, 0.3) is 5.91 Å². The molecule has 0 radical (unpaired) electrons. The van der Waals surface area contributed by atoms with E-state index < -0.39 is 5.97 Å². The number of hydrogen-bond acceptors (Lipinski definition) is 5. The molecule has 7 heteroatoms. The molecule has 0 aliphatic carbocycles. The smallest absolute Gasteiger partial charge is 0.337 e. The molecular formula is C17H15IN2O4. The average Bonchev–Trinajstić information content (AvgIpc) is 2.61. The first-order chi connectivity index (χ1) is 11.6. The Balaban J connectivity index is 1.79. The second-order valence-corrected chi connectivity index (χ2v) is 5.89. The zero-order chi connectivity index (χ0) is 17.4. The minimum atomic E-state index is -0.403. The third-order valence-electron chi connectivity index (χ3n) is 2.92. The molecule has 0 spiro atoms. The number of ether oxygens (including phenoxy) is 2. The maximum absolute atomic E-state index is 11.6. The summed E-state index contributed by atoms with van der Waals surface area (Å²) in [6.45, 7) is -0.126. The molecule has 24 heavy (non-hydrogen) atoms. The van der Waals surface area contributed by atoms with Crippen molar-refractivity contribution >= 4 is 40.7 Å². The van der Waals surface area contributed by atoms with E-state index in [0.29, 0.717) is 11.3 Å². The van der Waals surface area contributed by atoms with Gasteiger partial charge in [-0.05, 0) is 64.6 Å². The van der Waals surface area contributed by atoms with Gasteiger partial charge in [0.1, 0.15) is 5.75 Å². The zero-order valence-corrected chi connectivity index (χ0v) is 15.0. The van der Waals surface area contributed by atoms with Crippen molar-refractivity contribution in [2.75, 3.05) is 13.7 Å². The predicted molar refractivity (Wildman–Crippen MR) is 98.2 cm³/mol. The van der Waals surface area contributed by atoms with Crippen LogP contribution >= 0.6 is 22.6 Å². The summed E-state index contributed by atoms with van der Waals surface area (Å²) in [5, 5.41) is 3.84. The van der Waals surface area contributed by atoms with Crippen LogP contribution in [0.4, 0.5) is 0 Å². The Hall–Kier alpha value is -2.42. The van der Waals surface area contributed by atoms with Gasteiger partial charge in [0.2, 0.25) is 0 Å². The van der Waals surface area contributed by atoms with Crippen LogP contribution in [0.15, 0.2) is 53.6 Å². The zero-order valence-electron chi connectivity index (χ0n) is 12.9. The molecule has 2 aromatic rings. The molecule has 0 bridgehead atoms. The molecule has 2 rings (SSSR count). The Kier molecular flexibility index (Phi) is 6.74. The first kappa shape index (κ1) is 17.9. The first-order valence-corrected chi connectivity index (χ1v) is 8.05. The molecule has 0 fully saturated rings. The number of hydrazone groups is 1. The Bertz CT molecular complexity index is 727. The van der Waals surface area contributed by atoms with Crippen LogP contribution < -0.4 is 10.2 Å². The van der Waals surface area contributed by atoms with Crippen LogP contribution in [0.5, 0.6) is 5.75 Å². The lowest BCUT2D eigenvalue weighted by Crippen LogP contribution is -2.24. The minimum absolute atomic E-state index is 0.126. The van der Waals surface area contributed by atoms with Gasteiger partial charge in [-0.1, -0.05) is 12.1 Å². The van der Waals surface area contributed by atoms with Crippen molar-refractivity contribution in [2.24, 2.45) is 5.10 Å². The molecule has 1 amide bonds. The maximum atomic E-state index is 11.6.